The molecule has 1 amide bonds. The molecule has 1 aromatic rings. The topological polar surface area (TPSA) is 32.3 Å². The first-order valence-corrected chi connectivity index (χ1v) is 7.25. The van der Waals surface area contributed by atoms with E-state index in [1.54, 1.807) is 13.0 Å². The number of carbonyl (C=O) groups is 1. The van der Waals surface area contributed by atoms with E-state index in [0.717, 1.165) is 31.5 Å². The number of likely N-dealkylation sites (tertiary alicyclic amines) is 1. The predicted molar refractivity (Wildman–Crippen MR) is 78.6 cm³/mol. The average molecular weight is 301 g/mol. The quantitative estimate of drug-likeness (QED) is 0.930. The molecule has 0 bridgehead atoms. The minimum atomic E-state index is 0.163. The van der Waals surface area contributed by atoms with Crippen LogP contribution in [0.5, 0.6) is 0 Å². The lowest BCUT2D eigenvalue weighted by molar-refractivity contribution is -0.129. The molecule has 0 radical (unpaired) electrons. The normalized spacial score (nSPS) is 16.7. The van der Waals surface area contributed by atoms with Gasteiger partial charge in [-0.2, -0.15) is 0 Å². The second-order valence-electron chi connectivity index (χ2n) is 4.87. The molecule has 1 fully saturated rings. The zero-order valence-electron chi connectivity index (χ0n) is 11.0. The van der Waals surface area contributed by atoms with Gasteiger partial charge in [-0.25, -0.2) is 0 Å². The molecule has 3 nitrogen and oxygen atoms in total. The molecule has 0 spiro atoms. The highest BCUT2D eigenvalue weighted by atomic mass is 35.5. The fraction of sp³-hybridized carbons (Fsp3) is 0.500. The number of hydrogen-bond acceptors (Lipinski definition) is 2. The lowest BCUT2D eigenvalue weighted by atomic mass is 10.0. The van der Waals surface area contributed by atoms with E-state index in [1.807, 2.05) is 17.0 Å². The number of carbonyl (C=O) groups excluding carboxylic acids is 1. The molecule has 0 aromatic heterocycles. The van der Waals surface area contributed by atoms with Crippen molar-refractivity contribution in [3.05, 3.63) is 33.8 Å². The van der Waals surface area contributed by atoms with Crippen LogP contribution in [0.2, 0.25) is 10.0 Å². The van der Waals surface area contributed by atoms with Crippen molar-refractivity contribution >= 4 is 29.1 Å². The molecular weight excluding hydrogens is 283 g/mol. The summed E-state index contributed by atoms with van der Waals surface area (Å²) in [5, 5.41) is 4.70. The van der Waals surface area contributed by atoms with Crippen LogP contribution in [0, 0.1) is 0 Å². The summed E-state index contributed by atoms with van der Waals surface area (Å²) < 4.78 is 0. The van der Waals surface area contributed by atoms with Crippen molar-refractivity contribution in [1.82, 2.24) is 10.2 Å². The summed E-state index contributed by atoms with van der Waals surface area (Å²) >= 11 is 12.1. The molecule has 0 unspecified atom stereocenters. The molecule has 19 heavy (non-hydrogen) atoms. The summed E-state index contributed by atoms with van der Waals surface area (Å²) in [5.41, 5.74) is 1.02. The van der Waals surface area contributed by atoms with E-state index in [4.69, 9.17) is 23.2 Å². The van der Waals surface area contributed by atoms with Gasteiger partial charge in [0.25, 0.3) is 0 Å². The summed E-state index contributed by atoms with van der Waals surface area (Å²) in [7, 11) is 0. The van der Waals surface area contributed by atoms with Crippen LogP contribution in [0.3, 0.4) is 0 Å². The standard InChI is InChI=1S/C14H18Cl2N2O/c1-10(19)18-7-5-12(6-8-18)17-9-11-3-2-4-13(15)14(11)16/h2-4,12,17H,5-9H2,1H3. The summed E-state index contributed by atoms with van der Waals surface area (Å²) in [5.74, 6) is 0.163. The van der Waals surface area contributed by atoms with Gasteiger partial charge in [0.05, 0.1) is 10.0 Å². The minimum Gasteiger partial charge on any atom is -0.343 e. The highest BCUT2D eigenvalue weighted by Gasteiger charge is 2.20. The monoisotopic (exact) mass is 300 g/mol. The number of benzene rings is 1. The Bertz CT molecular complexity index is 457. The van der Waals surface area contributed by atoms with Crippen LogP contribution in [0.1, 0.15) is 25.3 Å². The van der Waals surface area contributed by atoms with Crippen molar-refractivity contribution in [3.8, 4) is 0 Å². The van der Waals surface area contributed by atoms with Crippen LogP contribution in [0.4, 0.5) is 0 Å². The number of nitrogens with zero attached hydrogens (tertiary/aromatic N) is 1. The first-order valence-electron chi connectivity index (χ1n) is 6.49. The zero-order valence-corrected chi connectivity index (χ0v) is 12.5. The maximum Gasteiger partial charge on any atom is 0.219 e. The van der Waals surface area contributed by atoms with E-state index in [9.17, 15) is 4.79 Å². The fourth-order valence-electron chi connectivity index (χ4n) is 2.34. The van der Waals surface area contributed by atoms with Gasteiger partial charge < -0.3 is 10.2 Å². The van der Waals surface area contributed by atoms with Crippen LogP contribution >= 0.6 is 23.2 Å². The van der Waals surface area contributed by atoms with E-state index in [-0.39, 0.29) is 5.91 Å². The van der Waals surface area contributed by atoms with Gasteiger partial charge in [-0.15, -0.1) is 0 Å². The zero-order chi connectivity index (χ0) is 13.8. The molecule has 1 aliphatic rings. The molecule has 104 valence electrons. The largest absolute Gasteiger partial charge is 0.343 e. The Kier molecular flexibility index (Phi) is 5.08. The molecule has 1 heterocycles. The second kappa shape index (κ2) is 6.60. The van der Waals surface area contributed by atoms with Gasteiger partial charge in [-0.3, -0.25) is 4.79 Å². The number of rotatable bonds is 3. The molecule has 1 aliphatic heterocycles. The first-order chi connectivity index (χ1) is 9.08. The molecule has 2 rings (SSSR count). The fourth-order valence-corrected chi connectivity index (χ4v) is 2.72. The van der Waals surface area contributed by atoms with Crippen molar-refractivity contribution in [3.63, 3.8) is 0 Å². The van der Waals surface area contributed by atoms with Crippen molar-refractivity contribution in [2.45, 2.75) is 32.4 Å². The predicted octanol–water partition coefficient (Wildman–Crippen LogP) is 3.09. The Morgan fingerprint density at radius 1 is 1.37 bits per heavy atom. The van der Waals surface area contributed by atoms with E-state index >= 15 is 0 Å². The molecule has 1 saturated heterocycles. The Labute approximate surface area is 123 Å². The first kappa shape index (κ1) is 14.6. The Hall–Kier alpha value is -0.770. The van der Waals surface area contributed by atoms with E-state index in [0.29, 0.717) is 22.6 Å². The van der Waals surface area contributed by atoms with Gasteiger partial charge in [-0.1, -0.05) is 35.3 Å². The molecule has 0 saturated carbocycles. The second-order valence-corrected chi connectivity index (χ2v) is 5.66. The van der Waals surface area contributed by atoms with Crippen molar-refractivity contribution < 1.29 is 4.79 Å². The van der Waals surface area contributed by atoms with Crippen LogP contribution in [-0.4, -0.2) is 29.9 Å². The van der Waals surface area contributed by atoms with Gasteiger partial charge in [0.1, 0.15) is 0 Å². The smallest absolute Gasteiger partial charge is 0.219 e. The molecule has 0 atom stereocenters. The summed E-state index contributed by atoms with van der Waals surface area (Å²) in [4.78, 5) is 13.1. The van der Waals surface area contributed by atoms with Gasteiger partial charge >= 0.3 is 0 Å². The third-order valence-electron chi connectivity index (χ3n) is 3.55. The van der Waals surface area contributed by atoms with E-state index in [1.165, 1.54) is 0 Å². The lowest BCUT2D eigenvalue weighted by Crippen LogP contribution is -2.43. The Balaban J connectivity index is 1.84. The summed E-state index contributed by atoms with van der Waals surface area (Å²) in [6.07, 6.45) is 1.97. The third-order valence-corrected chi connectivity index (χ3v) is 4.41. The Morgan fingerprint density at radius 2 is 2.05 bits per heavy atom. The van der Waals surface area contributed by atoms with E-state index < -0.39 is 0 Å². The maximum absolute atomic E-state index is 11.2. The van der Waals surface area contributed by atoms with Crippen LogP contribution in [0.15, 0.2) is 18.2 Å². The summed E-state index contributed by atoms with van der Waals surface area (Å²) in [6, 6.07) is 6.11. The van der Waals surface area contributed by atoms with Gasteiger partial charge in [0.2, 0.25) is 5.91 Å². The van der Waals surface area contributed by atoms with Crippen LogP contribution in [0.25, 0.3) is 0 Å². The van der Waals surface area contributed by atoms with Gasteiger partial charge in [0.15, 0.2) is 0 Å². The molecule has 5 heteroatoms. The van der Waals surface area contributed by atoms with Gasteiger partial charge in [0, 0.05) is 32.6 Å². The van der Waals surface area contributed by atoms with Crippen LogP contribution < -0.4 is 5.32 Å². The molecule has 0 aliphatic carbocycles. The minimum absolute atomic E-state index is 0.163. The number of nitrogens with one attached hydrogen (secondary N) is 1. The van der Waals surface area contributed by atoms with Crippen molar-refractivity contribution in [1.29, 1.82) is 0 Å². The average Bonchev–Trinajstić information content (AvgIpc) is 2.41. The number of amides is 1. The third kappa shape index (κ3) is 3.85. The SMILES string of the molecule is CC(=O)N1CCC(NCc2cccc(Cl)c2Cl)CC1. The molecule has 1 aromatic carbocycles. The Morgan fingerprint density at radius 3 is 2.68 bits per heavy atom. The highest BCUT2D eigenvalue weighted by Crippen LogP contribution is 2.25. The van der Waals surface area contributed by atoms with Crippen LogP contribution in [-0.2, 0) is 11.3 Å². The maximum atomic E-state index is 11.2. The number of hydrogen-bond donors (Lipinski definition) is 1. The van der Waals surface area contributed by atoms with E-state index in [2.05, 4.69) is 5.32 Å². The molecule has 1 N–H and O–H groups in total. The lowest BCUT2D eigenvalue weighted by Gasteiger charge is -2.31. The van der Waals surface area contributed by atoms with Crippen molar-refractivity contribution in [2.75, 3.05) is 13.1 Å². The number of piperidine rings is 1. The summed E-state index contributed by atoms with van der Waals surface area (Å²) in [6.45, 7) is 4.00. The van der Waals surface area contributed by atoms with Gasteiger partial charge in [-0.05, 0) is 24.5 Å². The highest BCUT2D eigenvalue weighted by molar-refractivity contribution is 6.42. The molecular formula is C14H18Cl2N2O. The van der Waals surface area contributed by atoms with Crippen molar-refractivity contribution in [2.24, 2.45) is 0 Å². The number of halogens is 2.